The molecule has 4 N–H and O–H groups in total. The topological polar surface area (TPSA) is 91.7 Å². The van der Waals surface area contributed by atoms with Crippen molar-refractivity contribution in [3.05, 3.63) is 35.6 Å². The molecule has 1 aromatic carbocycles. The number of benzene rings is 1. The molecule has 1 heterocycles. The Bertz CT molecular complexity index is 643. The Balaban J connectivity index is 2.38. The van der Waals surface area contributed by atoms with Gasteiger partial charge >= 0.3 is 5.91 Å². The van der Waals surface area contributed by atoms with E-state index in [0.717, 1.165) is 10.9 Å². The number of nitrogens with two attached hydrogens (primary N) is 1. The predicted octanol–water partition coefficient (Wildman–Crippen LogP) is 1.24. The molecule has 6 heteroatoms. The van der Waals surface area contributed by atoms with E-state index < -0.39 is 11.5 Å². The van der Waals surface area contributed by atoms with Crippen LogP contribution in [0.2, 0.25) is 0 Å². The predicted molar refractivity (Wildman–Crippen MR) is 80.5 cm³/mol. The summed E-state index contributed by atoms with van der Waals surface area (Å²) in [6, 6.07) is 7.45. The summed E-state index contributed by atoms with van der Waals surface area (Å²) in [6.07, 6.45) is 0. The molecule has 0 aliphatic carbocycles. The normalized spacial score (nSPS) is 12.1. The average Bonchev–Trinajstić information content (AvgIpc) is 2.75. The number of carbonyl (C=O) groups excluding carboxylic acids is 1. The number of hydrogen-bond acceptors (Lipinski definition) is 5. The van der Waals surface area contributed by atoms with Crippen LogP contribution in [0.3, 0.4) is 0 Å². The molecule has 21 heavy (non-hydrogen) atoms. The van der Waals surface area contributed by atoms with E-state index in [2.05, 4.69) is 5.43 Å². The van der Waals surface area contributed by atoms with E-state index >= 15 is 0 Å². The standard InChI is InChI=1S/C15H21N3O3/c1-15(2,20)9-18(3)8-11-10-6-4-5-7-12(10)21-13(11)14(19)17-16/h4-7,20H,8-9,16H2,1-3H3,(H,17,19). The summed E-state index contributed by atoms with van der Waals surface area (Å²) in [5, 5.41) is 10.8. The van der Waals surface area contributed by atoms with E-state index in [1.807, 2.05) is 36.2 Å². The minimum Gasteiger partial charge on any atom is -0.451 e. The average molecular weight is 291 g/mol. The van der Waals surface area contributed by atoms with Crippen LogP contribution < -0.4 is 11.3 Å². The van der Waals surface area contributed by atoms with E-state index in [4.69, 9.17) is 10.3 Å². The molecule has 0 atom stereocenters. The molecule has 0 aliphatic rings. The third-order valence-corrected chi connectivity index (χ3v) is 3.12. The van der Waals surface area contributed by atoms with Gasteiger partial charge in [-0.15, -0.1) is 0 Å². The molecule has 2 aromatic rings. The van der Waals surface area contributed by atoms with Gasteiger partial charge in [0.2, 0.25) is 0 Å². The highest BCUT2D eigenvalue weighted by molar-refractivity contribution is 5.98. The van der Waals surface area contributed by atoms with Crippen molar-refractivity contribution in [2.24, 2.45) is 5.84 Å². The highest BCUT2D eigenvalue weighted by Gasteiger charge is 2.23. The second-order valence-electron chi connectivity index (χ2n) is 5.86. The number of likely N-dealkylation sites (N-methyl/N-ethyl adjacent to an activating group) is 1. The van der Waals surface area contributed by atoms with Crippen LogP contribution in [0, 0.1) is 0 Å². The SMILES string of the molecule is CN(Cc1c(C(=O)NN)oc2ccccc12)CC(C)(C)O. The zero-order valence-corrected chi connectivity index (χ0v) is 12.5. The van der Waals surface area contributed by atoms with Gasteiger partial charge in [0.25, 0.3) is 0 Å². The third-order valence-electron chi connectivity index (χ3n) is 3.12. The van der Waals surface area contributed by atoms with Gasteiger partial charge in [-0.1, -0.05) is 18.2 Å². The number of aliphatic hydroxyl groups is 1. The lowest BCUT2D eigenvalue weighted by molar-refractivity contribution is 0.0424. The molecule has 0 bridgehead atoms. The van der Waals surface area contributed by atoms with Crippen molar-refractivity contribution in [3.8, 4) is 0 Å². The second-order valence-corrected chi connectivity index (χ2v) is 5.86. The molecule has 0 aliphatic heterocycles. The Labute approximate surface area is 123 Å². The van der Waals surface area contributed by atoms with Crippen molar-refractivity contribution in [2.75, 3.05) is 13.6 Å². The van der Waals surface area contributed by atoms with Gasteiger partial charge in [0.15, 0.2) is 5.76 Å². The number of rotatable bonds is 5. The minimum absolute atomic E-state index is 0.210. The summed E-state index contributed by atoms with van der Waals surface area (Å²) in [6.45, 7) is 4.43. The Hall–Kier alpha value is -1.89. The molecule has 1 aromatic heterocycles. The largest absolute Gasteiger partial charge is 0.451 e. The third kappa shape index (κ3) is 3.60. The Kier molecular flexibility index (Phi) is 4.32. The van der Waals surface area contributed by atoms with Crippen LogP contribution in [0.15, 0.2) is 28.7 Å². The van der Waals surface area contributed by atoms with Gasteiger partial charge in [-0.25, -0.2) is 5.84 Å². The van der Waals surface area contributed by atoms with Gasteiger partial charge in [0.1, 0.15) is 5.58 Å². The number of para-hydroxylation sites is 1. The molecule has 2 rings (SSSR count). The van der Waals surface area contributed by atoms with Gasteiger partial charge in [0, 0.05) is 24.0 Å². The number of hydrazine groups is 1. The summed E-state index contributed by atoms with van der Waals surface area (Å²) in [7, 11) is 1.88. The van der Waals surface area contributed by atoms with E-state index in [9.17, 15) is 9.90 Å². The first-order valence-electron chi connectivity index (χ1n) is 6.74. The fourth-order valence-electron chi connectivity index (χ4n) is 2.49. The molecule has 0 spiro atoms. The van der Waals surface area contributed by atoms with Gasteiger partial charge in [0.05, 0.1) is 5.60 Å². The number of nitrogen functional groups attached to an aromatic ring is 1. The number of nitrogens with one attached hydrogen (secondary N) is 1. The molecular formula is C15H21N3O3. The van der Waals surface area contributed by atoms with Crippen LogP contribution in [0.1, 0.15) is 30.0 Å². The summed E-state index contributed by atoms with van der Waals surface area (Å²) >= 11 is 0. The van der Waals surface area contributed by atoms with E-state index in [0.29, 0.717) is 18.7 Å². The molecular weight excluding hydrogens is 270 g/mol. The lowest BCUT2D eigenvalue weighted by atomic mass is 10.1. The number of nitrogens with zero attached hydrogens (tertiary/aromatic N) is 1. The maximum atomic E-state index is 11.9. The van der Waals surface area contributed by atoms with Crippen LogP contribution in [0.25, 0.3) is 11.0 Å². The van der Waals surface area contributed by atoms with E-state index in [1.54, 1.807) is 13.8 Å². The minimum atomic E-state index is -0.815. The lowest BCUT2D eigenvalue weighted by Crippen LogP contribution is -2.36. The molecule has 114 valence electrons. The number of fused-ring (bicyclic) bond motifs is 1. The maximum Gasteiger partial charge on any atom is 0.301 e. The fraction of sp³-hybridized carbons (Fsp3) is 0.400. The monoisotopic (exact) mass is 291 g/mol. The summed E-state index contributed by atoms with van der Waals surface area (Å²) in [5.74, 6) is 4.96. The highest BCUT2D eigenvalue weighted by atomic mass is 16.3. The fourth-order valence-corrected chi connectivity index (χ4v) is 2.49. The number of hydrogen-bond donors (Lipinski definition) is 3. The van der Waals surface area contributed by atoms with Crippen LogP contribution in [0.4, 0.5) is 0 Å². The van der Waals surface area contributed by atoms with Crippen molar-refractivity contribution in [2.45, 2.75) is 26.0 Å². The number of furan rings is 1. The van der Waals surface area contributed by atoms with Crippen molar-refractivity contribution in [1.82, 2.24) is 10.3 Å². The Morgan fingerprint density at radius 2 is 2.10 bits per heavy atom. The van der Waals surface area contributed by atoms with Crippen molar-refractivity contribution >= 4 is 16.9 Å². The van der Waals surface area contributed by atoms with Crippen LogP contribution in [0.5, 0.6) is 0 Å². The Morgan fingerprint density at radius 1 is 1.43 bits per heavy atom. The van der Waals surface area contributed by atoms with Crippen molar-refractivity contribution < 1.29 is 14.3 Å². The van der Waals surface area contributed by atoms with Crippen LogP contribution in [-0.4, -0.2) is 35.1 Å². The van der Waals surface area contributed by atoms with Gasteiger partial charge in [-0.3, -0.25) is 15.1 Å². The van der Waals surface area contributed by atoms with Gasteiger partial charge in [-0.2, -0.15) is 0 Å². The number of amides is 1. The first-order valence-corrected chi connectivity index (χ1v) is 6.74. The first-order chi connectivity index (χ1) is 9.81. The summed E-state index contributed by atoms with van der Waals surface area (Å²) in [5.41, 5.74) is 2.69. The van der Waals surface area contributed by atoms with Crippen LogP contribution in [-0.2, 0) is 6.54 Å². The van der Waals surface area contributed by atoms with Crippen molar-refractivity contribution in [3.63, 3.8) is 0 Å². The lowest BCUT2D eigenvalue weighted by Gasteiger charge is -2.25. The van der Waals surface area contributed by atoms with Crippen LogP contribution >= 0.6 is 0 Å². The molecule has 6 nitrogen and oxygen atoms in total. The molecule has 0 unspecified atom stereocenters. The molecule has 0 radical (unpaired) electrons. The smallest absolute Gasteiger partial charge is 0.301 e. The number of carbonyl (C=O) groups is 1. The molecule has 1 amide bonds. The quantitative estimate of drug-likeness (QED) is 0.438. The zero-order chi connectivity index (χ0) is 15.6. The summed E-state index contributed by atoms with van der Waals surface area (Å²) in [4.78, 5) is 13.8. The summed E-state index contributed by atoms with van der Waals surface area (Å²) < 4.78 is 5.60. The van der Waals surface area contributed by atoms with Crippen molar-refractivity contribution in [1.29, 1.82) is 0 Å². The zero-order valence-electron chi connectivity index (χ0n) is 12.5. The second kappa shape index (κ2) is 5.85. The van der Waals surface area contributed by atoms with Gasteiger partial charge < -0.3 is 9.52 Å². The van der Waals surface area contributed by atoms with E-state index in [-0.39, 0.29) is 5.76 Å². The maximum absolute atomic E-state index is 11.9. The van der Waals surface area contributed by atoms with Gasteiger partial charge in [-0.05, 0) is 27.0 Å². The Morgan fingerprint density at radius 3 is 2.71 bits per heavy atom. The first kappa shape index (κ1) is 15.5. The molecule has 0 fully saturated rings. The highest BCUT2D eigenvalue weighted by Crippen LogP contribution is 2.27. The molecule has 0 saturated heterocycles. The van der Waals surface area contributed by atoms with E-state index in [1.165, 1.54) is 0 Å². The molecule has 0 saturated carbocycles.